The maximum Gasteiger partial charge on any atom is 0.118 e. The van der Waals surface area contributed by atoms with E-state index < -0.39 is 0 Å². The first-order valence-electron chi connectivity index (χ1n) is 9.19. The number of hydrogen-bond acceptors (Lipinski definition) is 2. The minimum Gasteiger partial charge on any atom is -0.497 e. The van der Waals surface area contributed by atoms with Crippen LogP contribution in [0.25, 0.3) is 22.3 Å². The molecule has 3 nitrogen and oxygen atoms in total. The molecule has 0 spiro atoms. The summed E-state index contributed by atoms with van der Waals surface area (Å²) in [5.74, 6) is 1.79. The second-order valence-electron chi connectivity index (χ2n) is 6.19. The second-order valence-corrected chi connectivity index (χ2v) is 6.19. The molecule has 0 aliphatic heterocycles. The highest BCUT2D eigenvalue weighted by Crippen LogP contribution is 2.22. The molecule has 0 amide bonds. The Kier molecular flexibility index (Phi) is 8.49. The van der Waals surface area contributed by atoms with Gasteiger partial charge >= 0.3 is 0 Å². The summed E-state index contributed by atoms with van der Waals surface area (Å²) in [6, 6.07) is 36.8. The van der Waals surface area contributed by atoms with Crippen molar-refractivity contribution in [3.63, 3.8) is 0 Å². The van der Waals surface area contributed by atoms with Gasteiger partial charge in [-0.15, -0.1) is 0 Å². The first-order valence-corrected chi connectivity index (χ1v) is 9.19. The first kappa shape index (κ1) is 21.7. The molecule has 29 heavy (non-hydrogen) atoms. The average Bonchev–Trinajstić information content (AvgIpc) is 2.81. The van der Waals surface area contributed by atoms with Crippen molar-refractivity contribution in [1.82, 2.24) is 0 Å². The highest BCUT2D eigenvalue weighted by Gasteiger charge is 1.97. The summed E-state index contributed by atoms with van der Waals surface area (Å²) in [7, 11) is 3.36. The third kappa shape index (κ3) is 6.23. The van der Waals surface area contributed by atoms with Crippen LogP contribution in [0.4, 0.5) is 0 Å². The van der Waals surface area contributed by atoms with Crippen molar-refractivity contribution in [3.05, 3.63) is 109 Å². The fourth-order valence-electron chi connectivity index (χ4n) is 2.83. The lowest BCUT2D eigenvalue weighted by molar-refractivity contribution is 0.415. The molecule has 3 heteroatoms. The quantitative estimate of drug-likeness (QED) is 0.438. The van der Waals surface area contributed by atoms with Crippen LogP contribution in [0.2, 0.25) is 0 Å². The van der Waals surface area contributed by atoms with Gasteiger partial charge in [0.05, 0.1) is 14.2 Å². The summed E-state index contributed by atoms with van der Waals surface area (Å²) in [6.07, 6.45) is 0. The number of benzene rings is 4. The lowest BCUT2D eigenvalue weighted by atomic mass is 10.1. The third-order valence-corrected chi connectivity index (χ3v) is 4.39. The van der Waals surface area contributed by atoms with Crippen molar-refractivity contribution in [2.45, 2.75) is 0 Å². The summed E-state index contributed by atoms with van der Waals surface area (Å²) in [4.78, 5) is 0. The topological polar surface area (TPSA) is 50.0 Å². The Hall–Kier alpha value is -3.56. The van der Waals surface area contributed by atoms with Gasteiger partial charge in [0.25, 0.3) is 0 Å². The van der Waals surface area contributed by atoms with E-state index >= 15 is 0 Å². The summed E-state index contributed by atoms with van der Waals surface area (Å²) in [6.45, 7) is 0. The molecule has 0 aliphatic rings. The zero-order valence-electron chi connectivity index (χ0n) is 16.7. The van der Waals surface area contributed by atoms with E-state index in [4.69, 9.17) is 9.47 Å². The molecule has 0 saturated heterocycles. The van der Waals surface area contributed by atoms with Crippen molar-refractivity contribution in [2.24, 2.45) is 0 Å². The van der Waals surface area contributed by atoms with Gasteiger partial charge in [-0.3, -0.25) is 0 Å². The van der Waals surface area contributed by atoms with Crippen molar-refractivity contribution >= 4 is 0 Å². The Bertz CT molecular complexity index is 865. The van der Waals surface area contributed by atoms with Gasteiger partial charge in [-0.1, -0.05) is 84.9 Å². The van der Waals surface area contributed by atoms with Crippen molar-refractivity contribution in [3.8, 4) is 33.8 Å². The Morgan fingerprint density at radius 2 is 0.655 bits per heavy atom. The van der Waals surface area contributed by atoms with E-state index in [1.165, 1.54) is 22.3 Å². The fraction of sp³-hybridized carbons (Fsp3) is 0.0769. The fourth-order valence-corrected chi connectivity index (χ4v) is 2.83. The van der Waals surface area contributed by atoms with Crippen LogP contribution in [-0.4, -0.2) is 19.7 Å². The Morgan fingerprint density at radius 3 is 0.931 bits per heavy atom. The predicted molar refractivity (Wildman–Crippen MR) is 120 cm³/mol. The molecule has 4 rings (SSSR count). The zero-order chi connectivity index (χ0) is 19.6. The van der Waals surface area contributed by atoms with E-state index in [2.05, 4.69) is 48.5 Å². The summed E-state index contributed by atoms with van der Waals surface area (Å²) in [5.41, 5.74) is 4.89. The lowest BCUT2D eigenvalue weighted by Crippen LogP contribution is -1.82. The van der Waals surface area contributed by atoms with Crippen LogP contribution in [0.15, 0.2) is 109 Å². The minimum atomic E-state index is 0. The second kappa shape index (κ2) is 11.3. The number of ether oxygens (including phenoxy) is 2. The molecule has 0 radical (unpaired) electrons. The van der Waals surface area contributed by atoms with Gasteiger partial charge in [-0.25, -0.2) is 0 Å². The van der Waals surface area contributed by atoms with Gasteiger partial charge < -0.3 is 14.9 Å². The molecule has 0 bridgehead atoms. The van der Waals surface area contributed by atoms with Crippen LogP contribution in [0.5, 0.6) is 11.5 Å². The SMILES string of the molecule is COc1ccc(-c2ccccc2)cc1.COc1ccc(-c2ccccc2)cc1.O. The molecule has 4 aromatic rings. The van der Waals surface area contributed by atoms with Gasteiger partial charge in [-0.05, 0) is 46.5 Å². The maximum atomic E-state index is 5.11. The van der Waals surface area contributed by atoms with E-state index in [0.29, 0.717) is 0 Å². The van der Waals surface area contributed by atoms with E-state index in [0.717, 1.165) is 11.5 Å². The molecule has 2 N–H and O–H groups in total. The van der Waals surface area contributed by atoms with E-state index in [1.54, 1.807) is 14.2 Å². The van der Waals surface area contributed by atoms with Gasteiger partial charge in [0.2, 0.25) is 0 Å². The van der Waals surface area contributed by atoms with Gasteiger partial charge in [-0.2, -0.15) is 0 Å². The predicted octanol–water partition coefficient (Wildman–Crippen LogP) is 5.90. The molecule has 0 fully saturated rings. The molecule has 0 aliphatic carbocycles. The van der Waals surface area contributed by atoms with Crippen molar-refractivity contribution in [2.75, 3.05) is 14.2 Å². The molecule has 4 aromatic carbocycles. The Morgan fingerprint density at radius 1 is 0.379 bits per heavy atom. The molecule has 0 unspecified atom stereocenters. The largest absolute Gasteiger partial charge is 0.497 e. The number of hydrogen-bond donors (Lipinski definition) is 0. The molecule has 0 aromatic heterocycles. The Balaban J connectivity index is 0.000000200. The summed E-state index contributed by atoms with van der Waals surface area (Å²) in [5, 5.41) is 0. The van der Waals surface area contributed by atoms with Crippen LogP contribution in [-0.2, 0) is 0 Å². The van der Waals surface area contributed by atoms with Crippen LogP contribution in [0.1, 0.15) is 0 Å². The molecule has 148 valence electrons. The maximum absolute atomic E-state index is 5.11. The van der Waals surface area contributed by atoms with Crippen LogP contribution >= 0.6 is 0 Å². The van der Waals surface area contributed by atoms with Gasteiger partial charge in [0, 0.05) is 0 Å². The lowest BCUT2D eigenvalue weighted by Gasteiger charge is -2.02. The number of methoxy groups -OCH3 is 2. The van der Waals surface area contributed by atoms with E-state index in [1.807, 2.05) is 60.7 Å². The monoisotopic (exact) mass is 386 g/mol. The molecular formula is C26H26O3. The molecule has 0 heterocycles. The molecular weight excluding hydrogens is 360 g/mol. The zero-order valence-corrected chi connectivity index (χ0v) is 16.7. The van der Waals surface area contributed by atoms with Crippen molar-refractivity contribution < 1.29 is 14.9 Å². The summed E-state index contributed by atoms with van der Waals surface area (Å²) < 4.78 is 10.2. The minimum absolute atomic E-state index is 0. The highest BCUT2D eigenvalue weighted by molar-refractivity contribution is 5.64. The smallest absolute Gasteiger partial charge is 0.118 e. The van der Waals surface area contributed by atoms with E-state index in [9.17, 15) is 0 Å². The Labute approximate surface area is 172 Å². The third-order valence-electron chi connectivity index (χ3n) is 4.39. The normalized spacial score (nSPS) is 9.45. The number of rotatable bonds is 4. The standard InChI is InChI=1S/2C13H12O.H2O/c2*1-14-13-9-7-12(8-10-13)11-5-3-2-4-6-11;/h2*2-10H,1H3;1H2. The van der Waals surface area contributed by atoms with Gasteiger partial charge in [0.15, 0.2) is 0 Å². The van der Waals surface area contributed by atoms with Gasteiger partial charge in [0.1, 0.15) is 11.5 Å². The first-order chi connectivity index (χ1) is 13.8. The van der Waals surface area contributed by atoms with Crippen molar-refractivity contribution in [1.29, 1.82) is 0 Å². The van der Waals surface area contributed by atoms with Crippen LogP contribution in [0, 0.1) is 0 Å². The summed E-state index contributed by atoms with van der Waals surface area (Å²) >= 11 is 0. The van der Waals surface area contributed by atoms with E-state index in [-0.39, 0.29) is 5.48 Å². The average molecular weight is 386 g/mol. The molecule has 0 saturated carbocycles. The van der Waals surface area contributed by atoms with Crippen LogP contribution < -0.4 is 9.47 Å². The molecule has 0 atom stereocenters. The highest BCUT2D eigenvalue weighted by atomic mass is 16.5. The van der Waals surface area contributed by atoms with Crippen LogP contribution in [0.3, 0.4) is 0 Å².